The molecule has 0 saturated carbocycles. The van der Waals surface area contributed by atoms with Crippen LogP contribution in [0, 0.1) is 13.8 Å². The molecule has 0 N–H and O–H groups in total. The molecule has 0 bridgehead atoms. The highest BCUT2D eigenvalue weighted by molar-refractivity contribution is 7.16. The van der Waals surface area contributed by atoms with E-state index in [0.29, 0.717) is 22.8 Å². The Kier molecular flexibility index (Phi) is 5.15. The number of hydrogen-bond acceptors (Lipinski definition) is 5. The van der Waals surface area contributed by atoms with E-state index >= 15 is 0 Å². The highest BCUT2D eigenvalue weighted by Gasteiger charge is 2.14. The first-order valence-electron chi connectivity index (χ1n) is 7.93. The summed E-state index contributed by atoms with van der Waals surface area (Å²) in [5.74, 6) is 0.561. The fraction of sp³-hybridized carbons (Fsp3) is 0.278. The number of fused-ring (bicyclic) bond motifs is 1. The molecular formula is C18H19N3O2S2. The van der Waals surface area contributed by atoms with Gasteiger partial charge >= 0.3 is 0 Å². The number of aromatic nitrogens is 2. The molecule has 0 unspecified atom stereocenters. The molecule has 0 fully saturated rings. The zero-order valence-electron chi connectivity index (χ0n) is 14.4. The van der Waals surface area contributed by atoms with Gasteiger partial charge in [-0.15, -0.1) is 17.9 Å². The summed E-state index contributed by atoms with van der Waals surface area (Å²) in [5, 5.41) is 0.868. The van der Waals surface area contributed by atoms with E-state index in [1.807, 2.05) is 43.5 Å². The van der Waals surface area contributed by atoms with E-state index in [0.717, 1.165) is 26.7 Å². The smallest absolute Gasteiger partial charge is 0.291 e. The summed E-state index contributed by atoms with van der Waals surface area (Å²) in [4.78, 5) is 22.5. The van der Waals surface area contributed by atoms with Gasteiger partial charge in [-0.3, -0.25) is 4.79 Å². The summed E-state index contributed by atoms with van der Waals surface area (Å²) in [6, 6.07) is 5.90. The first-order valence-corrected chi connectivity index (χ1v) is 9.57. The number of carbonyl (C=O) groups is 1. The van der Waals surface area contributed by atoms with Crippen molar-refractivity contribution in [3.63, 3.8) is 0 Å². The first kappa shape index (κ1) is 17.6. The molecule has 0 aliphatic rings. The SMILES string of the molecule is C=CCn1c(=NC(=O)c2sc(C)nc2C)sc2cc(OCC)ccc21. The molecular weight excluding hydrogens is 354 g/mol. The van der Waals surface area contributed by atoms with Gasteiger partial charge in [0, 0.05) is 6.54 Å². The molecule has 1 aromatic carbocycles. The fourth-order valence-electron chi connectivity index (χ4n) is 2.57. The second-order valence-corrected chi connectivity index (χ2v) is 7.62. The van der Waals surface area contributed by atoms with Crippen LogP contribution in [-0.2, 0) is 6.54 Å². The van der Waals surface area contributed by atoms with Gasteiger partial charge < -0.3 is 9.30 Å². The molecule has 0 aliphatic heterocycles. The van der Waals surface area contributed by atoms with Gasteiger partial charge in [0.1, 0.15) is 10.6 Å². The first-order chi connectivity index (χ1) is 12.0. The topological polar surface area (TPSA) is 56.5 Å². The van der Waals surface area contributed by atoms with E-state index in [-0.39, 0.29) is 5.91 Å². The molecule has 3 aromatic rings. The maximum absolute atomic E-state index is 12.6. The van der Waals surface area contributed by atoms with Crippen LogP contribution in [0.3, 0.4) is 0 Å². The third-order valence-corrected chi connectivity index (χ3v) is 5.67. The van der Waals surface area contributed by atoms with Crippen LogP contribution in [0.5, 0.6) is 5.75 Å². The third kappa shape index (κ3) is 3.57. The second-order valence-electron chi connectivity index (χ2n) is 5.41. The maximum Gasteiger partial charge on any atom is 0.291 e. The Morgan fingerprint density at radius 3 is 2.84 bits per heavy atom. The van der Waals surface area contributed by atoms with E-state index < -0.39 is 0 Å². The van der Waals surface area contributed by atoms with E-state index in [1.165, 1.54) is 22.7 Å². The van der Waals surface area contributed by atoms with Crippen molar-refractivity contribution >= 4 is 38.8 Å². The number of thiazole rings is 2. The number of allylic oxidation sites excluding steroid dienone is 1. The lowest BCUT2D eigenvalue weighted by Gasteiger charge is -2.04. The zero-order chi connectivity index (χ0) is 18.0. The summed E-state index contributed by atoms with van der Waals surface area (Å²) >= 11 is 2.85. The number of carbonyl (C=O) groups excluding carboxylic acids is 1. The average Bonchev–Trinajstić information content (AvgIpc) is 3.08. The Labute approximate surface area is 154 Å². The molecule has 1 amide bonds. The summed E-state index contributed by atoms with van der Waals surface area (Å²) in [7, 11) is 0. The third-order valence-electron chi connectivity index (χ3n) is 3.57. The van der Waals surface area contributed by atoms with Gasteiger partial charge in [-0.2, -0.15) is 4.99 Å². The van der Waals surface area contributed by atoms with Crippen LogP contribution >= 0.6 is 22.7 Å². The molecule has 130 valence electrons. The van der Waals surface area contributed by atoms with E-state index in [2.05, 4.69) is 16.6 Å². The molecule has 3 rings (SSSR count). The lowest BCUT2D eigenvalue weighted by atomic mass is 10.3. The van der Waals surface area contributed by atoms with Gasteiger partial charge in [-0.05, 0) is 39.0 Å². The van der Waals surface area contributed by atoms with Crippen LogP contribution < -0.4 is 9.54 Å². The quantitative estimate of drug-likeness (QED) is 0.633. The zero-order valence-corrected chi connectivity index (χ0v) is 16.0. The van der Waals surface area contributed by atoms with Crippen LogP contribution in [-0.4, -0.2) is 22.1 Å². The van der Waals surface area contributed by atoms with Crippen molar-refractivity contribution in [3.05, 3.63) is 51.2 Å². The van der Waals surface area contributed by atoms with Gasteiger partial charge in [0.25, 0.3) is 5.91 Å². The van der Waals surface area contributed by atoms with Crippen molar-refractivity contribution < 1.29 is 9.53 Å². The Morgan fingerprint density at radius 2 is 2.20 bits per heavy atom. The lowest BCUT2D eigenvalue weighted by Crippen LogP contribution is -2.16. The monoisotopic (exact) mass is 373 g/mol. The lowest BCUT2D eigenvalue weighted by molar-refractivity contribution is 0.100. The van der Waals surface area contributed by atoms with Crippen molar-refractivity contribution in [1.29, 1.82) is 0 Å². The predicted octanol–water partition coefficient (Wildman–Crippen LogP) is 4.10. The molecule has 7 heteroatoms. The van der Waals surface area contributed by atoms with Gasteiger partial charge in [-0.25, -0.2) is 4.98 Å². The number of aryl methyl sites for hydroxylation is 2. The van der Waals surface area contributed by atoms with Crippen molar-refractivity contribution in [2.45, 2.75) is 27.3 Å². The maximum atomic E-state index is 12.6. The molecule has 0 atom stereocenters. The van der Waals surface area contributed by atoms with Crippen molar-refractivity contribution in [2.24, 2.45) is 4.99 Å². The fourth-order valence-corrected chi connectivity index (χ4v) is 4.44. The molecule has 25 heavy (non-hydrogen) atoms. The number of amides is 1. The summed E-state index contributed by atoms with van der Waals surface area (Å²) < 4.78 is 8.58. The summed E-state index contributed by atoms with van der Waals surface area (Å²) in [6.07, 6.45) is 1.80. The minimum absolute atomic E-state index is 0.252. The molecule has 0 saturated heterocycles. The molecule has 0 radical (unpaired) electrons. The highest BCUT2D eigenvalue weighted by Crippen LogP contribution is 2.24. The highest BCUT2D eigenvalue weighted by atomic mass is 32.1. The van der Waals surface area contributed by atoms with Crippen LogP contribution in [0.1, 0.15) is 27.3 Å². The number of hydrogen-bond donors (Lipinski definition) is 0. The largest absolute Gasteiger partial charge is 0.494 e. The normalized spacial score (nSPS) is 11.9. The summed E-state index contributed by atoms with van der Waals surface area (Å²) in [5.41, 5.74) is 1.74. The molecule has 5 nitrogen and oxygen atoms in total. The van der Waals surface area contributed by atoms with Gasteiger partial charge in [0.2, 0.25) is 0 Å². The van der Waals surface area contributed by atoms with Crippen LogP contribution in [0.15, 0.2) is 35.8 Å². The van der Waals surface area contributed by atoms with Gasteiger partial charge in [-0.1, -0.05) is 17.4 Å². The van der Waals surface area contributed by atoms with Crippen molar-refractivity contribution in [3.8, 4) is 5.75 Å². The van der Waals surface area contributed by atoms with E-state index in [9.17, 15) is 4.79 Å². The standard InChI is InChI=1S/C18H19N3O2S2/c1-5-9-21-14-8-7-13(23-6-2)10-15(14)25-18(21)20-17(22)16-11(3)19-12(4)24-16/h5,7-8,10H,1,6,9H2,2-4H3. The van der Waals surface area contributed by atoms with Crippen LogP contribution in [0.4, 0.5) is 0 Å². The number of benzene rings is 1. The number of rotatable bonds is 5. The van der Waals surface area contributed by atoms with E-state index in [4.69, 9.17) is 4.74 Å². The van der Waals surface area contributed by atoms with Crippen LogP contribution in [0.25, 0.3) is 10.2 Å². The van der Waals surface area contributed by atoms with Crippen LogP contribution in [0.2, 0.25) is 0 Å². The second kappa shape index (κ2) is 7.33. The molecule has 2 aromatic heterocycles. The Bertz CT molecular complexity index is 1010. The van der Waals surface area contributed by atoms with Crippen molar-refractivity contribution in [2.75, 3.05) is 6.61 Å². The Morgan fingerprint density at radius 1 is 1.40 bits per heavy atom. The minimum Gasteiger partial charge on any atom is -0.494 e. The van der Waals surface area contributed by atoms with E-state index in [1.54, 1.807) is 6.08 Å². The Hall–Kier alpha value is -2.25. The molecule has 0 spiro atoms. The number of nitrogens with zero attached hydrogens (tertiary/aromatic N) is 3. The molecule has 0 aliphatic carbocycles. The number of ether oxygens (including phenoxy) is 1. The predicted molar refractivity (Wildman–Crippen MR) is 103 cm³/mol. The minimum atomic E-state index is -0.252. The van der Waals surface area contributed by atoms with Gasteiger partial charge in [0.15, 0.2) is 4.80 Å². The van der Waals surface area contributed by atoms with Crippen molar-refractivity contribution in [1.82, 2.24) is 9.55 Å². The summed E-state index contributed by atoms with van der Waals surface area (Å²) in [6.45, 7) is 10.7. The average molecular weight is 374 g/mol. The molecule has 2 heterocycles. The Balaban J connectivity index is 2.13. The van der Waals surface area contributed by atoms with Gasteiger partial charge in [0.05, 0.1) is 27.5 Å².